The van der Waals surface area contributed by atoms with E-state index in [0.717, 1.165) is 18.8 Å². The molecule has 0 radical (unpaired) electrons. The van der Waals surface area contributed by atoms with E-state index >= 15 is 0 Å². The molecule has 3 N–H and O–H groups in total. The first-order valence-corrected chi connectivity index (χ1v) is 17.3. The number of nitrogens with one attached hydrogen (secondary N) is 1. The van der Waals surface area contributed by atoms with Crippen LogP contribution in [0.1, 0.15) is 33.4 Å². The van der Waals surface area contributed by atoms with Gasteiger partial charge in [0.15, 0.2) is 12.4 Å². The SMILES string of the molecule is C=S1(=O)CCN(Cc2cn(CCOCCOCCOCCNC(=O)C3O[C@@H](OC(C)C)[C@@H](O)[C@@H](O)[C@@H]3OC(C)C)nn2)CC1. The van der Waals surface area contributed by atoms with Gasteiger partial charge in [0.25, 0.3) is 5.91 Å². The summed E-state index contributed by atoms with van der Waals surface area (Å²) in [5.74, 6) is 4.56. The quantitative estimate of drug-likeness (QED) is 0.119. The second-order valence-electron chi connectivity index (χ2n) is 11.5. The minimum Gasteiger partial charge on any atom is -0.387 e. The lowest BCUT2D eigenvalue weighted by Gasteiger charge is -2.42. The minimum absolute atomic E-state index is 0.213. The van der Waals surface area contributed by atoms with Gasteiger partial charge in [-0.1, -0.05) is 5.21 Å². The van der Waals surface area contributed by atoms with Crippen molar-refractivity contribution in [2.45, 2.75) is 83.7 Å². The Morgan fingerprint density at radius 1 is 1.02 bits per heavy atom. The van der Waals surface area contributed by atoms with Crippen molar-refractivity contribution in [2.24, 2.45) is 0 Å². The molecule has 3 rings (SSSR count). The summed E-state index contributed by atoms with van der Waals surface area (Å²) in [7, 11) is -1.90. The molecule has 44 heavy (non-hydrogen) atoms. The summed E-state index contributed by atoms with van der Waals surface area (Å²) in [6.07, 6.45) is -4.75. The van der Waals surface area contributed by atoms with E-state index in [1.54, 1.807) is 32.4 Å². The molecule has 1 aromatic rings. The molecule has 0 aromatic carbocycles. The van der Waals surface area contributed by atoms with Crippen molar-refractivity contribution >= 4 is 21.3 Å². The smallest absolute Gasteiger partial charge is 0.252 e. The highest BCUT2D eigenvalue weighted by molar-refractivity contribution is 8.00. The summed E-state index contributed by atoms with van der Waals surface area (Å²) >= 11 is 0. The van der Waals surface area contributed by atoms with E-state index in [1.807, 2.05) is 6.20 Å². The van der Waals surface area contributed by atoms with Crippen LogP contribution in [0.15, 0.2) is 6.20 Å². The van der Waals surface area contributed by atoms with Crippen LogP contribution in [0.4, 0.5) is 0 Å². The van der Waals surface area contributed by atoms with Gasteiger partial charge >= 0.3 is 0 Å². The Morgan fingerprint density at radius 3 is 2.27 bits per heavy atom. The molecular formula is C28H51N5O10S. The summed E-state index contributed by atoms with van der Waals surface area (Å²) < 4.78 is 47.3. The second-order valence-corrected chi connectivity index (χ2v) is 14.2. The number of hydrogen-bond acceptors (Lipinski definition) is 13. The summed E-state index contributed by atoms with van der Waals surface area (Å²) in [6, 6.07) is 0. The van der Waals surface area contributed by atoms with Crippen LogP contribution in [-0.2, 0) is 55.8 Å². The minimum atomic E-state index is -1.90. The van der Waals surface area contributed by atoms with Crippen LogP contribution >= 0.6 is 0 Å². The fraction of sp³-hybridized carbons (Fsp3) is 0.857. The van der Waals surface area contributed by atoms with Crippen LogP contribution in [0.3, 0.4) is 0 Å². The first-order chi connectivity index (χ1) is 20.9. The molecule has 16 heteroatoms. The van der Waals surface area contributed by atoms with Crippen LogP contribution in [0.2, 0.25) is 0 Å². The Morgan fingerprint density at radius 2 is 1.64 bits per heavy atom. The maximum Gasteiger partial charge on any atom is 0.252 e. The summed E-state index contributed by atoms with van der Waals surface area (Å²) in [5, 5.41) is 32.1. The van der Waals surface area contributed by atoms with Gasteiger partial charge in [-0.2, -0.15) is 0 Å². The number of ether oxygens (including phenoxy) is 6. The topological polar surface area (TPSA) is 176 Å². The Labute approximate surface area is 260 Å². The number of carbonyl (C=O) groups excluding carboxylic acids is 1. The van der Waals surface area contributed by atoms with Crippen molar-refractivity contribution in [3.8, 4) is 0 Å². The average molecular weight is 650 g/mol. The van der Waals surface area contributed by atoms with Crippen LogP contribution < -0.4 is 5.32 Å². The van der Waals surface area contributed by atoms with Gasteiger partial charge < -0.3 is 44.0 Å². The Kier molecular flexibility index (Phi) is 15.4. The normalized spacial score (nSPS) is 26.0. The Balaban J connectivity index is 1.21. The zero-order valence-electron chi connectivity index (χ0n) is 26.4. The predicted octanol–water partition coefficient (Wildman–Crippen LogP) is -1.36. The van der Waals surface area contributed by atoms with Gasteiger partial charge in [-0.25, -0.2) is 4.68 Å². The molecule has 0 aliphatic carbocycles. The van der Waals surface area contributed by atoms with Crippen molar-refractivity contribution in [3.05, 3.63) is 11.9 Å². The molecule has 0 saturated carbocycles. The molecular weight excluding hydrogens is 598 g/mol. The van der Waals surface area contributed by atoms with Crippen molar-refractivity contribution in [2.75, 3.05) is 70.8 Å². The standard InChI is InChI=1S/C28H51N5O10S/c1-20(2)41-25-23(34)24(35)28(42-21(3)4)43-26(25)27(36)29-6-10-38-12-14-40-15-13-39-11-7-33-19-22(30-31-33)18-32-8-16-44(5,37)17-9-32/h19-21,23-26,28,34-35H,5-18H2,1-4H3,(H,29,36)/t23-,24+,25+,26?,28-/m1/s1. The van der Waals surface area contributed by atoms with E-state index in [-0.39, 0.29) is 25.4 Å². The van der Waals surface area contributed by atoms with E-state index in [4.69, 9.17) is 28.4 Å². The molecule has 0 bridgehead atoms. The molecule has 1 unspecified atom stereocenters. The first-order valence-electron chi connectivity index (χ1n) is 15.2. The Bertz CT molecular complexity index is 1070. The number of aromatic nitrogens is 3. The highest BCUT2D eigenvalue weighted by Crippen LogP contribution is 2.26. The van der Waals surface area contributed by atoms with Gasteiger partial charge in [0.05, 0.1) is 64.1 Å². The summed E-state index contributed by atoms with van der Waals surface area (Å²) in [5.41, 5.74) is 0.875. The molecule has 3 heterocycles. The van der Waals surface area contributed by atoms with Crippen LogP contribution in [0.25, 0.3) is 0 Å². The lowest BCUT2D eigenvalue weighted by atomic mass is 9.97. The van der Waals surface area contributed by atoms with Gasteiger partial charge in [0.1, 0.15) is 18.3 Å². The fourth-order valence-electron chi connectivity index (χ4n) is 4.65. The average Bonchev–Trinajstić information content (AvgIpc) is 3.41. The highest BCUT2D eigenvalue weighted by Gasteiger charge is 2.49. The molecule has 2 aliphatic heterocycles. The number of rotatable bonds is 19. The van der Waals surface area contributed by atoms with E-state index in [1.165, 1.54) is 0 Å². The van der Waals surface area contributed by atoms with Crippen LogP contribution in [0.5, 0.6) is 0 Å². The van der Waals surface area contributed by atoms with Crippen LogP contribution in [-0.4, -0.2) is 160 Å². The van der Waals surface area contributed by atoms with Crippen molar-refractivity contribution in [1.29, 1.82) is 0 Å². The van der Waals surface area contributed by atoms with Crippen molar-refractivity contribution in [1.82, 2.24) is 25.2 Å². The molecule has 2 aliphatic rings. The van der Waals surface area contributed by atoms with Crippen molar-refractivity contribution < 1.29 is 47.6 Å². The van der Waals surface area contributed by atoms with E-state index in [0.29, 0.717) is 57.6 Å². The number of nitrogens with zero attached hydrogens (tertiary/aromatic N) is 4. The van der Waals surface area contributed by atoms with E-state index < -0.39 is 46.1 Å². The maximum absolute atomic E-state index is 12.8. The lowest BCUT2D eigenvalue weighted by Crippen LogP contribution is -2.63. The zero-order chi connectivity index (χ0) is 32.1. The van der Waals surface area contributed by atoms with Gasteiger partial charge in [-0.15, -0.1) is 5.10 Å². The van der Waals surface area contributed by atoms with E-state index in [2.05, 4.69) is 26.4 Å². The third-order valence-electron chi connectivity index (χ3n) is 6.92. The zero-order valence-corrected chi connectivity index (χ0v) is 27.2. The molecule has 1 aromatic heterocycles. The molecule has 1 amide bonds. The monoisotopic (exact) mass is 649 g/mol. The number of aliphatic hydroxyl groups excluding tert-OH is 2. The molecule has 254 valence electrons. The fourth-order valence-corrected chi connectivity index (χ4v) is 6.04. The maximum atomic E-state index is 12.8. The van der Waals surface area contributed by atoms with Gasteiger partial charge in [-0.05, 0) is 43.1 Å². The summed E-state index contributed by atoms with van der Waals surface area (Å²) in [6.45, 7) is 12.4. The highest BCUT2D eigenvalue weighted by atomic mass is 32.2. The molecule has 5 atom stereocenters. The van der Waals surface area contributed by atoms with Gasteiger partial charge in [-0.3, -0.25) is 13.9 Å². The van der Waals surface area contributed by atoms with Crippen molar-refractivity contribution in [3.63, 3.8) is 0 Å². The molecule has 2 fully saturated rings. The number of carbonyl (C=O) groups is 1. The van der Waals surface area contributed by atoms with Crippen LogP contribution in [0, 0.1) is 0 Å². The third kappa shape index (κ3) is 12.6. The van der Waals surface area contributed by atoms with Gasteiger partial charge in [0.2, 0.25) is 0 Å². The molecule has 0 spiro atoms. The largest absolute Gasteiger partial charge is 0.387 e. The van der Waals surface area contributed by atoms with E-state index in [9.17, 15) is 19.2 Å². The summed E-state index contributed by atoms with van der Waals surface area (Å²) in [4.78, 5) is 15.1. The third-order valence-corrected chi connectivity index (χ3v) is 8.78. The number of aliphatic hydroxyl groups is 2. The first kappa shape index (κ1) is 36.7. The van der Waals surface area contributed by atoms with Gasteiger partial charge in [0, 0.05) is 43.9 Å². The lowest BCUT2D eigenvalue weighted by molar-refractivity contribution is -0.307. The predicted molar refractivity (Wildman–Crippen MR) is 163 cm³/mol. The Hall–Kier alpha value is -1.73. The number of amides is 1. The second kappa shape index (κ2) is 18.4. The molecule has 2 saturated heterocycles. The number of hydrogen-bond donors (Lipinski definition) is 3. The molecule has 15 nitrogen and oxygen atoms in total.